The molecule has 1 atom stereocenters. The zero-order chi connectivity index (χ0) is 19.2. The summed E-state index contributed by atoms with van der Waals surface area (Å²) in [6.45, 7) is 1.17. The molecule has 1 aliphatic carbocycles. The van der Waals surface area contributed by atoms with E-state index in [1.807, 2.05) is 35.2 Å². The number of hydrogen-bond donors (Lipinski definition) is 2. The molecule has 2 aliphatic rings. The number of aliphatic carboxylic acids is 1. The van der Waals surface area contributed by atoms with Crippen LogP contribution in [0.3, 0.4) is 0 Å². The molecule has 6 heteroatoms. The molecule has 1 saturated heterocycles. The van der Waals surface area contributed by atoms with E-state index >= 15 is 0 Å². The van der Waals surface area contributed by atoms with Crippen LogP contribution >= 0.6 is 0 Å². The predicted octanol–water partition coefficient (Wildman–Crippen LogP) is 2.23. The van der Waals surface area contributed by atoms with Gasteiger partial charge in [0.15, 0.2) is 0 Å². The quantitative estimate of drug-likeness (QED) is 0.802. The molecule has 1 saturated carbocycles. The molecule has 0 spiro atoms. The van der Waals surface area contributed by atoms with Gasteiger partial charge in [-0.15, -0.1) is 0 Å². The summed E-state index contributed by atoms with van der Waals surface area (Å²) in [5.41, 5.74) is 0.877. The van der Waals surface area contributed by atoms with Crippen LogP contribution < -0.4 is 5.32 Å². The number of piperidine rings is 1. The van der Waals surface area contributed by atoms with E-state index in [1.54, 1.807) is 0 Å². The lowest BCUT2D eigenvalue weighted by molar-refractivity contribution is -0.143. The lowest BCUT2D eigenvalue weighted by Gasteiger charge is -2.33. The third-order valence-corrected chi connectivity index (χ3v) is 5.78. The largest absolute Gasteiger partial charge is 0.480 e. The number of carbonyl (C=O) groups excluding carboxylic acids is 2. The molecule has 27 heavy (non-hydrogen) atoms. The number of carboxylic acids is 1. The summed E-state index contributed by atoms with van der Waals surface area (Å²) in [4.78, 5) is 38.5. The maximum atomic E-state index is 12.6. The Morgan fingerprint density at radius 3 is 2.22 bits per heavy atom. The smallest absolute Gasteiger partial charge is 0.326 e. The highest BCUT2D eigenvalue weighted by atomic mass is 16.4. The Bertz CT molecular complexity index is 662. The average Bonchev–Trinajstić information content (AvgIpc) is 3.22. The van der Waals surface area contributed by atoms with Crippen molar-refractivity contribution in [2.24, 2.45) is 11.8 Å². The van der Waals surface area contributed by atoms with Crippen molar-refractivity contribution in [2.75, 3.05) is 13.1 Å². The first-order valence-corrected chi connectivity index (χ1v) is 9.90. The van der Waals surface area contributed by atoms with E-state index in [-0.39, 0.29) is 30.1 Å². The highest BCUT2D eigenvalue weighted by molar-refractivity contribution is 5.85. The van der Waals surface area contributed by atoms with Crippen molar-refractivity contribution < 1.29 is 19.5 Å². The minimum atomic E-state index is -1.03. The van der Waals surface area contributed by atoms with Gasteiger partial charge in [-0.1, -0.05) is 43.2 Å². The summed E-state index contributed by atoms with van der Waals surface area (Å²) in [5.74, 6) is -1.07. The minimum absolute atomic E-state index is 0.164. The molecule has 2 fully saturated rings. The van der Waals surface area contributed by atoms with Crippen LogP contribution in [0.1, 0.15) is 44.1 Å². The number of benzene rings is 1. The first-order chi connectivity index (χ1) is 13.0. The standard InChI is InChI=1S/C21H28N2O4/c24-19(22-18(21(26)27)14-15-6-2-1-3-7-15)16-10-12-23(13-11-16)20(25)17-8-4-5-9-17/h1-3,6-7,16-18H,4-5,8-14H2,(H,22,24)(H,26,27)/t18-/m0/s1. The number of hydrogen-bond acceptors (Lipinski definition) is 3. The zero-order valence-electron chi connectivity index (χ0n) is 15.6. The van der Waals surface area contributed by atoms with Crippen LogP contribution in [0.15, 0.2) is 30.3 Å². The van der Waals surface area contributed by atoms with Gasteiger partial charge in [-0.05, 0) is 31.2 Å². The number of nitrogens with zero attached hydrogens (tertiary/aromatic N) is 1. The van der Waals surface area contributed by atoms with Crippen LogP contribution in [-0.2, 0) is 20.8 Å². The van der Waals surface area contributed by atoms with Crippen molar-refractivity contribution >= 4 is 17.8 Å². The summed E-state index contributed by atoms with van der Waals surface area (Å²) in [6, 6.07) is 8.36. The van der Waals surface area contributed by atoms with E-state index in [9.17, 15) is 19.5 Å². The molecule has 6 nitrogen and oxygen atoms in total. The van der Waals surface area contributed by atoms with Gasteiger partial charge in [0, 0.05) is 31.3 Å². The molecule has 0 aromatic heterocycles. The molecule has 1 aromatic carbocycles. The number of carboxylic acid groups (broad SMARTS) is 1. The molecule has 3 rings (SSSR count). The summed E-state index contributed by atoms with van der Waals surface area (Å²) in [7, 11) is 0. The Morgan fingerprint density at radius 2 is 1.63 bits per heavy atom. The molecule has 1 aliphatic heterocycles. The molecule has 146 valence electrons. The second kappa shape index (κ2) is 9.02. The molecule has 0 radical (unpaired) electrons. The lowest BCUT2D eigenvalue weighted by atomic mass is 9.94. The summed E-state index contributed by atoms with van der Waals surface area (Å²) in [5, 5.41) is 12.1. The summed E-state index contributed by atoms with van der Waals surface area (Å²) in [6.07, 6.45) is 5.70. The molecular formula is C21H28N2O4. The van der Waals surface area contributed by atoms with Gasteiger partial charge in [0.2, 0.25) is 11.8 Å². The van der Waals surface area contributed by atoms with Crippen LogP contribution in [0.4, 0.5) is 0 Å². The second-order valence-corrected chi connectivity index (χ2v) is 7.67. The Morgan fingerprint density at radius 1 is 1.00 bits per heavy atom. The highest BCUT2D eigenvalue weighted by Gasteiger charge is 2.33. The van der Waals surface area contributed by atoms with Crippen molar-refractivity contribution in [3.8, 4) is 0 Å². The number of amides is 2. The molecule has 0 unspecified atom stereocenters. The molecule has 2 amide bonds. The lowest BCUT2D eigenvalue weighted by Crippen LogP contribution is -2.48. The van der Waals surface area contributed by atoms with E-state index in [2.05, 4.69) is 5.32 Å². The number of carbonyl (C=O) groups is 3. The highest BCUT2D eigenvalue weighted by Crippen LogP contribution is 2.28. The third kappa shape index (κ3) is 5.08. The third-order valence-electron chi connectivity index (χ3n) is 5.78. The van der Waals surface area contributed by atoms with Gasteiger partial charge >= 0.3 is 5.97 Å². The van der Waals surface area contributed by atoms with Crippen LogP contribution in [0, 0.1) is 11.8 Å². The van der Waals surface area contributed by atoms with Crippen molar-refractivity contribution in [3.05, 3.63) is 35.9 Å². The van der Waals surface area contributed by atoms with Crippen molar-refractivity contribution in [3.63, 3.8) is 0 Å². The maximum absolute atomic E-state index is 12.6. The molecule has 1 heterocycles. The monoisotopic (exact) mass is 372 g/mol. The Balaban J connectivity index is 1.50. The SMILES string of the molecule is O=C(N[C@@H](Cc1ccccc1)C(=O)O)C1CCN(C(=O)C2CCCC2)CC1. The predicted molar refractivity (Wildman–Crippen MR) is 101 cm³/mol. The Kier molecular flexibility index (Phi) is 6.48. The molecule has 0 bridgehead atoms. The number of nitrogens with one attached hydrogen (secondary N) is 1. The molecule has 2 N–H and O–H groups in total. The summed E-state index contributed by atoms with van der Waals surface area (Å²) < 4.78 is 0. The second-order valence-electron chi connectivity index (χ2n) is 7.67. The van der Waals surface area contributed by atoms with Crippen molar-refractivity contribution in [1.29, 1.82) is 0 Å². The van der Waals surface area contributed by atoms with Crippen LogP contribution in [0.2, 0.25) is 0 Å². The van der Waals surface area contributed by atoms with E-state index in [0.717, 1.165) is 31.2 Å². The van der Waals surface area contributed by atoms with E-state index in [1.165, 1.54) is 0 Å². The van der Waals surface area contributed by atoms with Crippen LogP contribution in [-0.4, -0.2) is 46.9 Å². The number of likely N-dealkylation sites (tertiary alicyclic amines) is 1. The van der Waals surface area contributed by atoms with Crippen molar-refractivity contribution in [1.82, 2.24) is 10.2 Å². The van der Waals surface area contributed by atoms with Gasteiger partial charge in [-0.2, -0.15) is 0 Å². The van der Waals surface area contributed by atoms with Gasteiger partial charge in [0.05, 0.1) is 0 Å². The Hall–Kier alpha value is -2.37. The van der Waals surface area contributed by atoms with Crippen molar-refractivity contribution in [2.45, 2.75) is 51.0 Å². The van der Waals surface area contributed by atoms with Crippen LogP contribution in [0.25, 0.3) is 0 Å². The molecular weight excluding hydrogens is 344 g/mol. The maximum Gasteiger partial charge on any atom is 0.326 e. The fourth-order valence-electron chi connectivity index (χ4n) is 4.13. The number of rotatable bonds is 6. The average molecular weight is 372 g/mol. The first kappa shape index (κ1) is 19.4. The van der Waals surface area contributed by atoms with Gasteiger partial charge in [-0.3, -0.25) is 9.59 Å². The zero-order valence-corrected chi connectivity index (χ0v) is 15.6. The first-order valence-electron chi connectivity index (χ1n) is 9.90. The summed E-state index contributed by atoms with van der Waals surface area (Å²) >= 11 is 0. The van der Waals surface area contributed by atoms with E-state index in [0.29, 0.717) is 25.9 Å². The minimum Gasteiger partial charge on any atom is -0.480 e. The van der Waals surface area contributed by atoms with Gasteiger partial charge in [0.1, 0.15) is 6.04 Å². The fourth-order valence-corrected chi connectivity index (χ4v) is 4.13. The topological polar surface area (TPSA) is 86.7 Å². The van der Waals surface area contributed by atoms with E-state index in [4.69, 9.17) is 0 Å². The van der Waals surface area contributed by atoms with Gasteiger partial charge < -0.3 is 15.3 Å². The molecule has 1 aromatic rings. The van der Waals surface area contributed by atoms with E-state index < -0.39 is 12.0 Å². The Labute approximate surface area is 159 Å². The van der Waals surface area contributed by atoms with Gasteiger partial charge in [0.25, 0.3) is 0 Å². The van der Waals surface area contributed by atoms with Gasteiger partial charge in [-0.25, -0.2) is 4.79 Å². The van der Waals surface area contributed by atoms with Crippen LogP contribution in [0.5, 0.6) is 0 Å². The normalized spacial score (nSPS) is 19.6. The fraction of sp³-hybridized carbons (Fsp3) is 0.571.